The zero-order chi connectivity index (χ0) is 14.2. The molecule has 0 spiro atoms. The molecule has 1 aromatic heterocycles. The first-order chi connectivity index (χ1) is 8.86. The van der Waals surface area contributed by atoms with Gasteiger partial charge in [-0.25, -0.2) is 13.2 Å². The van der Waals surface area contributed by atoms with E-state index in [0.29, 0.717) is 6.29 Å². The van der Waals surface area contributed by atoms with Crippen LogP contribution in [0.3, 0.4) is 0 Å². The Morgan fingerprint density at radius 2 is 1.74 bits per heavy atom. The van der Waals surface area contributed by atoms with Crippen LogP contribution in [-0.4, -0.2) is 16.1 Å². The normalized spacial score (nSPS) is 11.6. The maximum Gasteiger partial charge on any atom is 0.169 e. The minimum Gasteiger partial charge on any atom is -0.301 e. The Bertz CT molecular complexity index is 615. The number of nitrogens with zero attached hydrogens (tertiary/aromatic N) is 2. The Morgan fingerprint density at radius 1 is 1.16 bits per heavy atom. The summed E-state index contributed by atoms with van der Waals surface area (Å²) in [5.74, 6) is -2.71. The predicted octanol–water partition coefficient (Wildman–Crippen LogP) is 2.90. The first kappa shape index (κ1) is 13.3. The van der Waals surface area contributed by atoms with Crippen LogP contribution in [0.25, 0.3) is 11.3 Å². The minimum absolute atomic E-state index is 0.453. The lowest BCUT2D eigenvalue weighted by atomic mass is 10.1. The topological polar surface area (TPSA) is 34.9 Å². The van der Waals surface area contributed by atoms with Crippen LogP contribution in [0.4, 0.5) is 13.2 Å². The molecular weight excluding hydrogens is 257 g/mol. The van der Waals surface area contributed by atoms with Crippen LogP contribution in [0, 0.1) is 17.5 Å². The first-order valence-corrected chi connectivity index (χ1v) is 5.53. The van der Waals surface area contributed by atoms with Gasteiger partial charge < -0.3 is 4.79 Å². The van der Waals surface area contributed by atoms with Gasteiger partial charge in [-0.2, -0.15) is 5.10 Å². The van der Waals surface area contributed by atoms with Crippen molar-refractivity contribution < 1.29 is 18.0 Å². The molecule has 2 rings (SSSR count). The zero-order valence-electron chi connectivity index (χ0n) is 10.3. The molecule has 0 N–H and O–H groups in total. The fraction of sp³-hybridized carbons (Fsp3) is 0.231. The average molecular weight is 268 g/mol. The monoisotopic (exact) mass is 268 g/mol. The van der Waals surface area contributed by atoms with Crippen molar-refractivity contribution in [2.75, 3.05) is 0 Å². The van der Waals surface area contributed by atoms with E-state index >= 15 is 0 Å². The molecule has 0 aliphatic heterocycles. The van der Waals surface area contributed by atoms with Crippen molar-refractivity contribution in [1.82, 2.24) is 9.78 Å². The SMILES string of the molecule is CC(C)(C=O)n1cc(F)c(-c2c(F)cccc2F)n1. The van der Waals surface area contributed by atoms with Crippen molar-refractivity contribution in [3.05, 3.63) is 41.8 Å². The Labute approximate surface area is 107 Å². The fourth-order valence-corrected chi connectivity index (χ4v) is 1.60. The predicted molar refractivity (Wildman–Crippen MR) is 62.9 cm³/mol. The zero-order valence-corrected chi connectivity index (χ0v) is 10.3. The molecule has 0 unspecified atom stereocenters. The Kier molecular flexibility index (Phi) is 3.18. The second kappa shape index (κ2) is 4.53. The maximum atomic E-state index is 13.8. The minimum atomic E-state index is -1.10. The number of carbonyl (C=O) groups is 1. The summed E-state index contributed by atoms with van der Waals surface area (Å²) in [5.41, 5.74) is -2.09. The lowest BCUT2D eigenvalue weighted by Gasteiger charge is -2.16. The molecule has 100 valence electrons. The lowest BCUT2D eigenvalue weighted by Crippen LogP contribution is -2.28. The summed E-state index contributed by atoms with van der Waals surface area (Å²) in [5, 5.41) is 3.77. The van der Waals surface area contributed by atoms with E-state index in [9.17, 15) is 18.0 Å². The van der Waals surface area contributed by atoms with Gasteiger partial charge in [-0.3, -0.25) is 4.68 Å². The molecule has 6 heteroatoms. The van der Waals surface area contributed by atoms with Gasteiger partial charge in [-0.05, 0) is 26.0 Å². The molecule has 0 amide bonds. The van der Waals surface area contributed by atoms with Crippen molar-refractivity contribution in [2.24, 2.45) is 0 Å². The van der Waals surface area contributed by atoms with Crippen LogP contribution in [0.15, 0.2) is 24.4 Å². The summed E-state index contributed by atoms with van der Waals surface area (Å²) in [7, 11) is 0. The Morgan fingerprint density at radius 3 is 2.26 bits per heavy atom. The lowest BCUT2D eigenvalue weighted by molar-refractivity contribution is -0.114. The van der Waals surface area contributed by atoms with E-state index in [2.05, 4.69) is 5.10 Å². The van der Waals surface area contributed by atoms with Gasteiger partial charge in [0.1, 0.15) is 29.2 Å². The molecule has 1 aromatic carbocycles. The number of rotatable bonds is 3. The van der Waals surface area contributed by atoms with Crippen molar-refractivity contribution in [1.29, 1.82) is 0 Å². The molecule has 0 atom stereocenters. The van der Waals surface area contributed by atoms with Crippen molar-refractivity contribution >= 4 is 6.29 Å². The van der Waals surface area contributed by atoms with Gasteiger partial charge in [0.15, 0.2) is 5.82 Å². The van der Waals surface area contributed by atoms with E-state index in [0.717, 1.165) is 23.0 Å². The van der Waals surface area contributed by atoms with E-state index in [1.54, 1.807) is 0 Å². The third-order valence-electron chi connectivity index (χ3n) is 2.75. The van der Waals surface area contributed by atoms with Gasteiger partial charge in [-0.15, -0.1) is 0 Å². The second-order valence-electron chi connectivity index (χ2n) is 4.64. The standard InChI is InChI=1S/C13H11F3N2O/c1-13(2,7-19)18-6-10(16)12(17-18)11-8(14)4-3-5-9(11)15/h3-7H,1-2H3. The molecule has 1 heterocycles. The largest absolute Gasteiger partial charge is 0.301 e. The van der Waals surface area contributed by atoms with Crippen molar-refractivity contribution in [2.45, 2.75) is 19.4 Å². The van der Waals surface area contributed by atoms with Crippen LogP contribution in [0.5, 0.6) is 0 Å². The van der Waals surface area contributed by atoms with Crippen molar-refractivity contribution in [3.63, 3.8) is 0 Å². The van der Waals surface area contributed by atoms with Gasteiger partial charge in [0.2, 0.25) is 0 Å². The quantitative estimate of drug-likeness (QED) is 0.802. The molecule has 19 heavy (non-hydrogen) atoms. The number of benzene rings is 1. The number of carbonyl (C=O) groups excluding carboxylic acids is 1. The van der Waals surface area contributed by atoms with E-state index in [1.165, 1.54) is 19.9 Å². The van der Waals surface area contributed by atoms with Gasteiger partial charge in [0, 0.05) is 0 Å². The third kappa shape index (κ3) is 2.25. The van der Waals surface area contributed by atoms with Crippen molar-refractivity contribution in [3.8, 4) is 11.3 Å². The highest BCUT2D eigenvalue weighted by molar-refractivity contribution is 5.63. The summed E-state index contributed by atoms with van der Waals surface area (Å²) < 4.78 is 42.0. The number of aromatic nitrogens is 2. The molecular formula is C13H11F3N2O. The third-order valence-corrected chi connectivity index (χ3v) is 2.75. The number of hydrogen-bond donors (Lipinski definition) is 0. The van der Waals surface area contributed by atoms with Gasteiger partial charge >= 0.3 is 0 Å². The van der Waals surface area contributed by atoms with Crippen LogP contribution in [0.1, 0.15) is 13.8 Å². The second-order valence-corrected chi connectivity index (χ2v) is 4.64. The van der Waals surface area contributed by atoms with E-state index in [1.807, 2.05) is 0 Å². The number of aldehydes is 1. The molecule has 0 bridgehead atoms. The molecule has 3 nitrogen and oxygen atoms in total. The average Bonchev–Trinajstić information content (AvgIpc) is 2.72. The molecule has 2 aromatic rings. The maximum absolute atomic E-state index is 13.8. The van der Waals surface area contributed by atoms with Crippen LogP contribution < -0.4 is 0 Å². The molecule has 0 fully saturated rings. The highest BCUT2D eigenvalue weighted by Gasteiger charge is 2.25. The highest BCUT2D eigenvalue weighted by atomic mass is 19.1. The molecule has 0 saturated carbocycles. The molecule has 0 aliphatic rings. The van der Waals surface area contributed by atoms with E-state index in [4.69, 9.17) is 0 Å². The highest BCUT2D eigenvalue weighted by Crippen LogP contribution is 2.28. The number of hydrogen-bond acceptors (Lipinski definition) is 2. The van der Waals surface area contributed by atoms with Crippen LogP contribution in [-0.2, 0) is 10.3 Å². The van der Waals surface area contributed by atoms with E-state index in [-0.39, 0.29) is 0 Å². The molecule has 0 saturated heterocycles. The summed E-state index contributed by atoms with van der Waals surface area (Å²) in [6.45, 7) is 3.02. The van der Waals surface area contributed by atoms with E-state index < -0.39 is 34.2 Å². The first-order valence-electron chi connectivity index (χ1n) is 5.53. The smallest absolute Gasteiger partial charge is 0.169 e. The fourth-order valence-electron chi connectivity index (χ4n) is 1.60. The summed E-state index contributed by atoms with van der Waals surface area (Å²) in [6, 6.07) is 3.21. The Balaban J connectivity index is 2.62. The number of halogens is 3. The van der Waals surface area contributed by atoms with Crippen LogP contribution in [0.2, 0.25) is 0 Å². The van der Waals surface area contributed by atoms with Gasteiger partial charge in [0.05, 0.1) is 11.8 Å². The molecule has 0 aliphatic carbocycles. The van der Waals surface area contributed by atoms with Gasteiger partial charge in [-0.1, -0.05) is 6.07 Å². The molecule has 0 radical (unpaired) electrons. The van der Waals surface area contributed by atoms with Crippen LogP contribution >= 0.6 is 0 Å². The summed E-state index contributed by atoms with van der Waals surface area (Å²) >= 11 is 0. The Hall–Kier alpha value is -2.11. The van der Waals surface area contributed by atoms with Gasteiger partial charge in [0.25, 0.3) is 0 Å². The summed E-state index contributed by atoms with van der Waals surface area (Å²) in [4.78, 5) is 10.9. The summed E-state index contributed by atoms with van der Waals surface area (Å²) in [6.07, 6.45) is 1.51.